The Bertz CT molecular complexity index is 603. The summed E-state index contributed by atoms with van der Waals surface area (Å²) in [4.78, 5) is 12.1. The molecule has 0 unspecified atom stereocenters. The highest BCUT2D eigenvalue weighted by Crippen LogP contribution is 2.68. The van der Waals surface area contributed by atoms with Crippen LogP contribution >= 0.6 is 0 Å². The summed E-state index contributed by atoms with van der Waals surface area (Å²) in [5, 5.41) is 0. The van der Waals surface area contributed by atoms with E-state index in [1.54, 1.807) is 0 Å². The highest BCUT2D eigenvalue weighted by atomic mass is 16.1. The van der Waals surface area contributed by atoms with Gasteiger partial charge in [0.25, 0.3) is 0 Å². The molecule has 1 heteroatoms. The van der Waals surface area contributed by atoms with Crippen LogP contribution < -0.4 is 0 Å². The van der Waals surface area contributed by atoms with Gasteiger partial charge in [0, 0.05) is 12.8 Å². The lowest BCUT2D eigenvalue weighted by Crippen LogP contribution is -2.53. The average Bonchev–Trinajstić information content (AvgIpc) is 2.97. The maximum Gasteiger partial charge on any atom is 0.133 e. The summed E-state index contributed by atoms with van der Waals surface area (Å²) in [6.07, 6.45) is 16.4. The van der Waals surface area contributed by atoms with E-state index >= 15 is 0 Å². The van der Waals surface area contributed by atoms with Crippen LogP contribution in [-0.2, 0) is 4.79 Å². The van der Waals surface area contributed by atoms with Gasteiger partial charge < -0.3 is 0 Å². The highest BCUT2D eigenvalue weighted by molar-refractivity contribution is 5.79. The van der Waals surface area contributed by atoms with Crippen LogP contribution in [0.1, 0.15) is 92.4 Å². The second-order valence-corrected chi connectivity index (χ2v) is 11.6. The summed E-state index contributed by atoms with van der Waals surface area (Å²) in [7, 11) is 0. The maximum absolute atomic E-state index is 12.1. The molecule has 0 aromatic rings. The SMILES string of the molecule is CC(C)/C=C/[C@H](C)[C@H]1CC[C@H]2[C@@H]3CC[C@H]4CC(=O)CC[C@]4(C)[C@H]3CC[C@]12C. The van der Waals surface area contributed by atoms with Crippen molar-refractivity contribution in [2.24, 2.45) is 52.3 Å². The van der Waals surface area contributed by atoms with Crippen LogP contribution in [0.15, 0.2) is 12.2 Å². The second kappa shape index (κ2) is 7.03. The molecule has 0 spiro atoms. The second-order valence-electron chi connectivity index (χ2n) is 11.6. The molecular weight excluding hydrogens is 328 g/mol. The molecule has 8 atom stereocenters. The van der Waals surface area contributed by atoms with Crippen molar-refractivity contribution in [2.45, 2.75) is 92.4 Å². The number of fused-ring (bicyclic) bond motifs is 5. The zero-order valence-corrected chi connectivity index (χ0v) is 18.5. The fraction of sp³-hybridized carbons (Fsp3) is 0.885. The molecule has 0 aromatic heterocycles. The number of carbonyl (C=O) groups excluding carboxylic acids is 1. The topological polar surface area (TPSA) is 17.1 Å². The first-order valence-electron chi connectivity index (χ1n) is 12.0. The third-order valence-electron chi connectivity index (χ3n) is 9.99. The third kappa shape index (κ3) is 3.16. The van der Waals surface area contributed by atoms with Gasteiger partial charge in [0.2, 0.25) is 0 Å². The Morgan fingerprint density at radius 1 is 0.889 bits per heavy atom. The van der Waals surface area contributed by atoms with Crippen LogP contribution in [0, 0.1) is 52.3 Å². The molecule has 27 heavy (non-hydrogen) atoms. The Morgan fingerprint density at radius 2 is 1.63 bits per heavy atom. The van der Waals surface area contributed by atoms with Crippen molar-refractivity contribution in [3.8, 4) is 0 Å². The van der Waals surface area contributed by atoms with Gasteiger partial charge in [-0.2, -0.15) is 0 Å². The number of hydrogen-bond donors (Lipinski definition) is 0. The lowest BCUT2D eigenvalue weighted by atomic mass is 9.44. The molecule has 1 nitrogen and oxygen atoms in total. The van der Waals surface area contributed by atoms with Crippen LogP contribution in [0.3, 0.4) is 0 Å². The van der Waals surface area contributed by atoms with E-state index in [4.69, 9.17) is 0 Å². The fourth-order valence-electron chi connectivity index (χ4n) is 8.48. The molecule has 0 aromatic carbocycles. The normalized spacial score (nSPS) is 48.4. The largest absolute Gasteiger partial charge is 0.300 e. The van der Waals surface area contributed by atoms with Crippen LogP contribution in [0.2, 0.25) is 0 Å². The highest BCUT2D eigenvalue weighted by Gasteiger charge is 2.60. The van der Waals surface area contributed by atoms with Crippen molar-refractivity contribution in [3.63, 3.8) is 0 Å². The van der Waals surface area contributed by atoms with Gasteiger partial charge in [0.15, 0.2) is 0 Å². The van der Waals surface area contributed by atoms with E-state index in [0.29, 0.717) is 28.4 Å². The molecule has 0 heterocycles. The Labute approximate surface area is 167 Å². The van der Waals surface area contributed by atoms with E-state index in [0.717, 1.165) is 42.4 Å². The van der Waals surface area contributed by atoms with Crippen LogP contribution in [0.4, 0.5) is 0 Å². The summed E-state index contributed by atoms with van der Waals surface area (Å²) in [6.45, 7) is 12.3. The molecular formula is C26H42O. The standard InChI is InChI=1S/C26H42O/c1-17(2)6-7-18(3)22-10-11-23-21-9-8-19-16-20(27)12-14-25(19,4)24(21)13-15-26(22,23)5/h6-7,17-19,21-24H,8-16H2,1-5H3/b7-6+/t18-,19-,21-,22+,23-,24-,25-,26+/m0/s1. The van der Waals surface area contributed by atoms with Crippen molar-refractivity contribution in [3.05, 3.63) is 12.2 Å². The van der Waals surface area contributed by atoms with E-state index < -0.39 is 0 Å². The number of rotatable bonds is 3. The smallest absolute Gasteiger partial charge is 0.133 e. The zero-order valence-electron chi connectivity index (χ0n) is 18.5. The molecule has 0 amide bonds. The monoisotopic (exact) mass is 370 g/mol. The summed E-state index contributed by atoms with van der Waals surface area (Å²) < 4.78 is 0. The number of Topliss-reactive ketones (excluding diaryl/α,β-unsaturated/α-hetero) is 1. The summed E-state index contributed by atoms with van der Waals surface area (Å²) in [5.41, 5.74) is 1.01. The first-order valence-corrected chi connectivity index (χ1v) is 12.0. The molecule has 4 aliphatic carbocycles. The van der Waals surface area contributed by atoms with Crippen molar-refractivity contribution >= 4 is 5.78 Å². The van der Waals surface area contributed by atoms with E-state index in [-0.39, 0.29) is 0 Å². The Kier molecular flexibility index (Phi) is 5.13. The van der Waals surface area contributed by atoms with Gasteiger partial charge in [-0.05, 0) is 97.2 Å². The minimum atomic E-state index is 0.458. The summed E-state index contributed by atoms with van der Waals surface area (Å²) >= 11 is 0. The number of allylic oxidation sites excluding steroid dienone is 2. The molecule has 0 aliphatic heterocycles. The Morgan fingerprint density at radius 3 is 2.37 bits per heavy atom. The van der Waals surface area contributed by atoms with Crippen molar-refractivity contribution < 1.29 is 4.79 Å². The molecule has 4 saturated carbocycles. The van der Waals surface area contributed by atoms with E-state index in [9.17, 15) is 4.79 Å². The van der Waals surface area contributed by atoms with Crippen molar-refractivity contribution in [1.29, 1.82) is 0 Å². The summed E-state index contributed by atoms with van der Waals surface area (Å²) in [5.74, 6) is 6.25. The van der Waals surface area contributed by atoms with Gasteiger partial charge in [-0.15, -0.1) is 0 Å². The van der Waals surface area contributed by atoms with Gasteiger partial charge >= 0.3 is 0 Å². The molecule has 4 fully saturated rings. The average molecular weight is 371 g/mol. The lowest BCUT2D eigenvalue weighted by molar-refractivity contribution is -0.140. The molecule has 0 N–H and O–H groups in total. The van der Waals surface area contributed by atoms with Gasteiger partial charge in [-0.3, -0.25) is 4.79 Å². The van der Waals surface area contributed by atoms with Gasteiger partial charge in [0.1, 0.15) is 5.78 Å². The molecule has 4 aliphatic rings. The minimum absolute atomic E-state index is 0.458. The Balaban J connectivity index is 1.54. The Hall–Kier alpha value is -0.590. The lowest BCUT2D eigenvalue weighted by Gasteiger charge is -2.60. The van der Waals surface area contributed by atoms with Crippen LogP contribution in [0.25, 0.3) is 0 Å². The van der Waals surface area contributed by atoms with Gasteiger partial charge in [0.05, 0.1) is 0 Å². The van der Waals surface area contributed by atoms with Crippen molar-refractivity contribution in [1.82, 2.24) is 0 Å². The predicted octanol–water partition coefficient (Wildman–Crippen LogP) is 7.06. The number of ketones is 1. The molecule has 0 saturated heterocycles. The minimum Gasteiger partial charge on any atom is -0.300 e. The van der Waals surface area contributed by atoms with Gasteiger partial charge in [-0.25, -0.2) is 0 Å². The van der Waals surface area contributed by atoms with Crippen LogP contribution in [0.5, 0.6) is 0 Å². The molecule has 152 valence electrons. The molecule has 0 bridgehead atoms. The fourth-order valence-corrected chi connectivity index (χ4v) is 8.48. The first-order chi connectivity index (χ1) is 12.8. The third-order valence-corrected chi connectivity index (χ3v) is 9.99. The zero-order chi connectivity index (χ0) is 19.4. The van der Waals surface area contributed by atoms with Crippen LogP contribution in [-0.4, -0.2) is 5.78 Å². The van der Waals surface area contributed by atoms with E-state index in [2.05, 4.69) is 46.8 Å². The molecule has 4 rings (SSSR count). The van der Waals surface area contributed by atoms with E-state index in [1.807, 2.05) is 0 Å². The first kappa shape index (κ1) is 19.7. The number of carbonyl (C=O) groups is 1. The van der Waals surface area contributed by atoms with Gasteiger partial charge in [-0.1, -0.05) is 46.8 Å². The van der Waals surface area contributed by atoms with E-state index in [1.165, 1.54) is 44.9 Å². The summed E-state index contributed by atoms with van der Waals surface area (Å²) in [6, 6.07) is 0. The maximum atomic E-state index is 12.1. The number of hydrogen-bond acceptors (Lipinski definition) is 1. The molecule has 0 radical (unpaired) electrons. The quantitative estimate of drug-likeness (QED) is 0.486. The van der Waals surface area contributed by atoms with Crippen molar-refractivity contribution in [2.75, 3.05) is 0 Å². The predicted molar refractivity (Wildman–Crippen MR) is 113 cm³/mol.